The zero-order valence-electron chi connectivity index (χ0n) is 19.1. The van der Waals surface area contributed by atoms with Gasteiger partial charge in [0.15, 0.2) is 0 Å². The van der Waals surface area contributed by atoms with Crippen LogP contribution in [0.3, 0.4) is 0 Å². The molecular formula is C26H30FN3O3. The van der Waals surface area contributed by atoms with Gasteiger partial charge in [-0.3, -0.25) is 4.79 Å². The summed E-state index contributed by atoms with van der Waals surface area (Å²) in [5.74, 6) is 0.555. The van der Waals surface area contributed by atoms with Gasteiger partial charge >= 0.3 is 0 Å². The Hall–Kier alpha value is -3.03. The largest absolute Gasteiger partial charge is 0.491 e. The van der Waals surface area contributed by atoms with Gasteiger partial charge in [0.05, 0.1) is 5.52 Å². The maximum Gasteiger partial charge on any atom is 0.228 e. The molecule has 4 rings (SSSR count). The Morgan fingerprint density at radius 3 is 2.73 bits per heavy atom. The Kier molecular flexibility index (Phi) is 7.20. The van der Waals surface area contributed by atoms with E-state index in [1.807, 2.05) is 31.2 Å². The summed E-state index contributed by atoms with van der Waals surface area (Å²) in [5.41, 5.74) is 2.59. The summed E-state index contributed by atoms with van der Waals surface area (Å²) in [6.45, 7) is 5.72. The number of amides is 1. The summed E-state index contributed by atoms with van der Waals surface area (Å²) in [6.07, 6.45) is 0.746. The monoisotopic (exact) mass is 451 g/mol. The minimum absolute atomic E-state index is 0.0149. The van der Waals surface area contributed by atoms with Gasteiger partial charge in [0.1, 0.15) is 30.1 Å². The number of hydrogen-bond acceptors (Lipinski definition) is 5. The molecule has 0 unspecified atom stereocenters. The van der Waals surface area contributed by atoms with E-state index in [1.54, 1.807) is 19.1 Å². The number of aliphatic hydroxyl groups excluding tert-OH is 1. The lowest BCUT2D eigenvalue weighted by Crippen LogP contribution is -2.42. The van der Waals surface area contributed by atoms with Crippen molar-refractivity contribution in [2.45, 2.75) is 32.8 Å². The van der Waals surface area contributed by atoms with Crippen LogP contribution in [0.1, 0.15) is 24.0 Å². The third-order valence-corrected chi connectivity index (χ3v) is 6.11. The average molecular weight is 452 g/mol. The SMILES string of the molecule is Cc1ccc2nc(NC(=O)C3CCN(C[C@H](O)COc4ccc(C)c(F)c4)CC3)ccc2c1. The number of aryl methyl sites for hydroxylation is 2. The minimum atomic E-state index is -0.690. The van der Waals surface area contributed by atoms with Crippen LogP contribution in [0.4, 0.5) is 10.2 Å². The second-order valence-corrected chi connectivity index (χ2v) is 8.83. The lowest BCUT2D eigenvalue weighted by molar-refractivity contribution is -0.121. The summed E-state index contributed by atoms with van der Waals surface area (Å²) < 4.78 is 19.1. The summed E-state index contributed by atoms with van der Waals surface area (Å²) >= 11 is 0. The van der Waals surface area contributed by atoms with Gasteiger partial charge in [0, 0.05) is 23.9 Å². The van der Waals surface area contributed by atoms with E-state index in [2.05, 4.69) is 21.3 Å². The summed E-state index contributed by atoms with van der Waals surface area (Å²) in [6, 6.07) is 14.5. The molecule has 0 spiro atoms. The normalized spacial score (nSPS) is 16.0. The number of nitrogens with one attached hydrogen (secondary N) is 1. The van der Waals surface area contributed by atoms with Gasteiger partial charge < -0.3 is 20.1 Å². The molecule has 1 amide bonds. The lowest BCUT2D eigenvalue weighted by Gasteiger charge is -2.32. The Morgan fingerprint density at radius 2 is 1.97 bits per heavy atom. The van der Waals surface area contributed by atoms with Crippen LogP contribution in [-0.4, -0.2) is 53.2 Å². The van der Waals surface area contributed by atoms with Crippen LogP contribution in [0.2, 0.25) is 0 Å². The number of aromatic nitrogens is 1. The molecule has 7 heteroatoms. The molecule has 2 heterocycles. The van der Waals surface area contributed by atoms with Crippen molar-refractivity contribution in [3.8, 4) is 5.75 Å². The number of piperidine rings is 1. The first-order valence-electron chi connectivity index (χ1n) is 11.3. The predicted molar refractivity (Wildman–Crippen MR) is 127 cm³/mol. The van der Waals surface area contributed by atoms with Gasteiger partial charge in [0.2, 0.25) is 5.91 Å². The summed E-state index contributed by atoms with van der Waals surface area (Å²) in [7, 11) is 0. The molecule has 174 valence electrons. The third kappa shape index (κ3) is 6.06. The van der Waals surface area contributed by atoms with Crippen LogP contribution >= 0.6 is 0 Å². The fourth-order valence-electron chi connectivity index (χ4n) is 4.13. The number of β-amino-alcohol motifs (C(OH)–C–C–N with tert-alkyl or cyclic N) is 1. The molecule has 1 aliphatic heterocycles. The lowest BCUT2D eigenvalue weighted by atomic mass is 9.95. The summed E-state index contributed by atoms with van der Waals surface area (Å²) in [5, 5.41) is 14.3. The highest BCUT2D eigenvalue weighted by molar-refractivity contribution is 5.93. The van der Waals surface area contributed by atoms with Crippen LogP contribution in [-0.2, 0) is 4.79 Å². The van der Waals surface area contributed by atoms with Crippen molar-refractivity contribution < 1.29 is 19.0 Å². The summed E-state index contributed by atoms with van der Waals surface area (Å²) in [4.78, 5) is 19.4. The highest BCUT2D eigenvalue weighted by Gasteiger charge is 2.26. The average Bonchev–Trinajstić information content (AvgIpc) is 2.80. The zero-order valence-corrected chi connectivity index (χ0v) is 19.1. The van der Waals surface area contributed by atoms with Crippen molar-refractivity contribution in [1.29, 1.82) is 0 Å². The van der Waals surface area contributed by atoms with Crippen LogP contribution < -0.4 is 10.1 Å². The van der Waals surface area contributed by atoms with Crippen molar-refractivity contribution in [1.82, 2.24) is 9.88 Å². The number of carbonyl (C=O) groups excluding carboxylic acids is 1. The number of fused-ring (bicyclic) bond motifs is 1. The number of halogens is 1. The van der Waals surface area contributed by atoms with Crippen LogP contribution in [0.15, 0.2) is 48.5 Å². The van der Waals surface area contributed by atoms with E-state index in [-0.39, 0.29) is 24.2 Å². The molecule has 3 aromatic rings. The van der Waals surface area contributed by atoms with Crippen molar-refractivity contribution in [2.24, 2.45) is 5.92 Å². The number of anilines is 1. The Bertz CT molecular complexity index is 1130. The van der Waals surface area contributed by atoms with Crippen LogP contribution in [0.5, 0.6) is 5.75 Å². The highest BCUT2D eigenvalue weighted by Crippen LogP contribution is 2.22. The van der Waals surface area contributed by atoms with E-state index in [9.17, 15) is 14.3 Å². The first kappa shape index (κ1) is 23.1. The van der Waals surface area contributed by atoms with E-state index in [1.165, 1.54) is 11.6 Å². The van der Waals surface area contributed by atoms with Gasteiger partial charge in [-0.25, -0.2) is 9.37 Å². The topological polar surface area (TPSA) is 74.7 Å². The Labute approximate surface area is 193 Å². The third-order valence-electron chi connectivity index (χ3n) is 6.11. The number of carbonyl (C=O) groups is 1. The fraction of sp³-hybridized carbons (Fsp3) is 0.385. The Balaban J connectivity index is 1.22. The molecule has 0 bridgehead atoms. The first-order valence-corrected chi connectivity index (χ1v) is 11.3. The molecule has 33 heavy (non-hydrogen) atoms. The number of ether oxygens (including phenoxy) is 1. The molecule has 1 fully saturated rings. The molecule has 0 radical (unpaired) electrons. The van der Waals surface area contributed by atoms with Crippen LogP contribution in [0.25, 0.3) is 10.9 Å². The van der Waals surface area contributed by atoms with Crippen molar-refractivity contribution in [3.05, 3.63) is 65.5 Å². The molecule has 2 aromatic carbocycles. The number of pyridine rings is 1. The van der Waals surface area contributed by atoms with Gasteiger partial charge in [-0.2, -0.15) is 0 Å². The maximum atomic E-state index is 13.6. The molecule has 1 aliphatic rings. The zero-order chi connectivity index (χ0) is 23.4. The second kappa shape index (κ2) is 10.3. The number of likely N-dealkylation sites (tertiary alicyclic amines) is 1. The Morgan fingerprint density at radius 1 is 1.18 bits per heavy atom. The highest BCUT2D eigenvalue weighted by atomic mass is 19.1. The smallest absolute Gasteiger partial charge is 0.228 e. The van der Waals surface area contributed by atoms with Gasteiger partial charge in [-0.1, -0.05) is 17.7 Å². The van der Waals surface area contributed by atoms with Crippen molar-refractivity contribution in [3.63, 3.8) is 0 Å². The van der Waals surface area contributed by atoms with E-state index in [0.29, 0.717) is 23.7 Å². The van der Waals surface area contributed by atoms with Gasteiger partial charge in [0.25, 0.3) is 0 Å². The maximum absolute atomic E-state index is 13.6. The quantitative estimate of drug-likeness (QED) is 0.566. The van der Waals surface area contributed by atoms with Gasteiger partial charge in [-0.05, 0) is 75.7 Å². The van der Waals surface area contributed by atoms with E-state index in [0.717, 1.165) is 36.8 Å². The minimum Gasteiger partial charge on any atom is -0.491 e. The van der Waals surface area contributed by atoms with E-state index >= 15 is 0 Å². The number of rotatable bonds is 7. The molecule has 1 saturated heterocycles. The molecule has 6 nitrogen and oxygen atoms in total. The first-order chi connectivity index (χ1) is 15.9. The molecular weight excluding hydrogens is 421 g/mol. The molecule has 0 saturated carbocycles. The number of benzene rings is 2. The predicted octanol–water partition coefficient (Wildman–Crippen LogP) is 4.08. The standard InChI is InChI=1S/C26H30FN3O3/c1-17-3-7-24-20(13-17)5-8-25(28-24)29-26(32)19-9-11-30(12-10-19)15-21(31)16-33-22-6-4-18(2)23(27)14-22/h3-8,13-14,19,21,31H,9-12,15-16H2,1-2H3,(H,28,29,32)/t21-/m0/s1. The number of hydrogen-bond donors (Lipinski definition) is 2. The van der Waals surface area contributed by atoms with E-state index in [4.69, 9.17) is 4.74 Å². The van der Waals surface area contributed by atoms with Crippen molar-refractivity contribution in [2.75, 3.05) is 31.6 Å². The number of nitrogens with zero attached hydrogens (tertiary/aromatic N) is 2. The van der Waals surface area contributed by atoms with Gasteiger partial charge in [-0.15, -0.1) is 0 Å². The molecule has 2 N–H and O–H groups in total. The van der Waals surface area contributed by atoms with Crippen molar-refractivity contribution >= 4 is 22.6 Å². The molecule has 0 aliphatic carbocycles. The molecule has 1 atom stereocenters. The van der Waals surface area contributed by atoms with Crippen LogP contribution in [0, 0.1) is 25.6 Å². The van der Waals surface area contributed by atoms with E-state index < -0.39 is 6.10 Å². The number of aliphatic hydroxyl groups is 1. The second-order valence-electron chi connectivity index (χ2n) is 8.83. The molecule has 1 aromatic heterocycles. The fourth-order valence-corrected chi connectivity index (χ4v) is 4.13.